The molecule has 0 aliphatic heterocycles. The summed E-state index contributed by atoms with van der Waals surface area (Å²) in [5.41, 5.74) is 0.990. The topological polar surface area (TPSA) is 67.2 Å². The standard InChI is InChI=1S/C16H18FN3O2/c1-11-9-14(15(21)18-10-16(22)7-2-8-16)19-20(11)13-5-3-12(17)4-6-13/h3-6,9,22H,2,7-8,10H2,1H3,(H,18,21). The van der Waals surface area contributed by atoms with Crippen LogP contribution < -0.4 is 5.32 Å². The van der Waals surface area contributed by atoms with E-state index in [1.165, 1.54) is 12.1 Å². The van der Waals surface area contributed by atoms with Crippen molar-refractivity contribution in [3.05, 3.63) is 47.5 Å². The molecule has 1 heterocycles. The molecule has 1 aliphatic rings. The highest BCUT2D eigenvalue weighted by atomic mass is 19.1. The summed E-state index contributed by atoms with van der Waals surface area (Å²) < 4.78 is 14.6. The van der Waals surface area contributed by atoms with E-state index in [9.17, 15) is 14.3 Å². The van der Waals surface area contributed by atoms with Gasteiger partial charge >= 0.3 is 0 Å². The van der Waals surface area contributed by atoms with Crippen LogP contribution in [0.15, 0.2) is 30.3 Å². The minimum Gasteiger partial charge on any atom is -0.388 e. The Morgan fingerprint density at radius 2 is 2.09 bits per heavy atom. The second-order valence-corrected chi connectivity index (χ2v) is 5.82. The lowest BCUT2D eigenvalue weighted by Crippen LogP contribution is -2.47. The Morgan fingerprint density at radius 1 is 1.41 bits per heavy atom. The van der Waals surface area contributed by atoms with E-state index in [2.05, 4.69) is 10.4 Å². The number of halogens is 1. The summed E-state index contributed by atoms with van der Waals surface area (Å²) in [7, 11) is 0. The quantitative estimate of drug-likeness (QED) is 0.907. The molecule has 0 bridgehead atoms. The molecule has 5 nitrogen and oxygen atoms in total. The first-order valence-corrected chi connectivity index (χ1v) is 7.30. The normalized spacial score (nSPS) is 16.1. The molecule has 2 aromatic rings. The van der Waals surface area contributed by atoms with Gasteiger partial charge in [-0.05, 0) is 56.5 Å². The predicted molar refractivity (Wildman–Crippen MR) is 79.4 cm³/mol. The third-order valence-corrected chi connectivity index (χ3v) is 4.05. The van der Waals surface area contributed by atoms with Crippen LogP contribution in [0.4, 0.5) is 4.39 Å². The molecule has 1 aromatic heterocycles. The van der Waals surface area contributed by atoms with Gasteiger partial charge in [-0.2, -0.15) is 5.10 Å². The molecule has 0 spiro atoms. The van der Waals surface area contributed by atoms with E-state index in [-0.39, 0.29) is 24.0 Å². The number of nitrogens with zero attached hydrogens (tertiary/aromatic N) is 2. The maximum Gasteiger partial charge on any atom is 0.271 e. The first kappa shape index (κ1) is 14.7. The van der Waals surface area contributed by atoms with Crippen LogP contribution in [0.3, 0.4) is 0 Å². The van der Waals surface area contributed by atoms with E-state index >= 15 is 0 Å². The smallest absolute Gasteiger partial charge is 0.271 e. The van der Waals surface area contributed by atoms with Gasteiger partial charge in [0, 0.05) is 12.2 Å². The molecule has 2 N–H and O–H groups in total. The van der Waals surface area contributed by atoms with Crippen molar-refractivity contribution in [1.82, 2.24) is 15.1 Å². The number of amides is 1. The second kappa shape index (κ2) is 5.53. The lowest BCUT2D eigenvalue weighted by atomic mass is 9.80. The summed E-state index contributed by atoms with van der Waals surface area (Å²) in [6.45, 7) is 2.07. The van der Waals surface area contributed by atoms with E-state index < -0.39 is 5.60 Å². The van der Waals surface area contributed by atoms with Crippen molar-refractivity contribution in [3.63, 3.8) is 0 Å². The summed E-state index contributed by atoms with van der Waals surface area (Å²) in [5.74, 6) is -0.635. The average Bonchev–Trinajstić information content (AvgIpc) is 2.86. The molecular formula is C16H18FN3O2. The van der Waals surface area contributed by atoms with Gasteiger partial charge in [0.05, 0.1) is 11.3 Å². The van der Waals surface area contributed by atoms with Gasteiger partial charge in [-0.3, -0.25) is 4.79 Å². The van der Waals surface area contributed by atoms with Gasteiger partial charge in [-0.25, -0.2) is 9.07 Å². The van der Waals surface area contributed by atoms with E-state index in [1.54, 1.807) is 22.9 Å². The van der Waals surface area contributed by atoms with Gasteiger partial charge in [0.2, 0.25) is 0 Å². The summed E-state index contributed by atoms with van der Waals surface area (Å²) in [5, 5.41) is 17.0. The average molecular weight is 303 g/mol. The van der Waals surface area contributed by atoms with E-state index in [0.29, 0.717) is 5.69 Å². The van der Waals surface area contributed by atoms with Gasteiger partial charge in [-0.15, -0.1) is 0 Å². The number of rotatable bonds is 4. The van der Waals surface area contributed by atoms with Gasteiger partial charge in [0.1, 0.15) is 5.82 Å². The highest BCUT2D eigenvalue weighted by Gasteiger charge is 2.34. The lowest BCUT2D eigenvalue weighted by molar-refractivity contribution is -0.0300. The molecule has 1 aromatic carbocycles. The fourth-order valence-corrected chi connectivity index (χ4v) is 2.53. The van der Waals surface area contributed by atoms with Crippen LogP contribution in [0.5, 0.6) is 0 Å². The van der Waals surface area contributed by atoms with E-state index in [1.807, 2.05) is 6.92 Å². The maximum absolute atomic E-state index is 13.0. The van der Waals surface area contributed by atoms with Crippen LogP contribution >= 0.6 is 0 Å². The highest BCUT2D eigenvalue weighted by molar-refractivity contribution is 5.92. The van der Waals surface area contributed by atoms with Gasteiger partial charge < -0.3 is 10.4 Å². The van der Waals surface area contributed by atoms with Crippen LogP contribution in [0.25, 0.3) is 5.69 Å². The zero-order valence-electron chi connectivity index (χ0n) is 12.3. The summed E-state index contributed by atoms with van der Waals surface area (Å²) >= 11 is 0. The van der Waals surface area contributed by atoms with Gasteiger partial charge in [0.15, 0.2) is 5.69 Å². The minimum absolute atomic E-state index is 0.244. The van der Waals surface area contributed by atoms with E-state index in [0.717, 1.165) is 25.0 Å². The molecule has 6 heteroatoms. The van der Waals surface area contributed by atoms with Crippen LogP contribution in [0, 0.1) is 12.7 Å². The zero-order valence-corrected chi connectivity index (χ0v) is 12.3. The number of carbonyl (C=O) groups excluding carboxylic acids is 1. The van der Waals surface area contributed by atoms with Crippen molar-refractivity contribution >= 4 is 5.91 Å². The molecule has 3 rings (SSSR count). The fourth-order valence-electron chi connectivity index (χ4n) is 2.53. The van der Waals surface area contributed by atoms with Crippen molar-refractivity contribution in [3.8, 4) is 5.69 Å². The number of hydrogen-bond donors (Lipinski definition) is 2. The number of benzene rings is 1. The summed E-state index contributed by atoms with van der Waals surface area (Å²) in [6.07, 6.45) is 2.43. The Bertz CT molecular complexity index is 690. The number of aromatic nitrogens is 2. The third-order valence-electron chi connectivity index (χ3n) is 4.05. The SMILES string of the molecule is Cc1cc(C(=O)NCC2(O)CCC2)nn1-c1ccc(F)cc1. The van der Waals surface area contributed by atoms with Crippen LogP contribution in [-0.2, 0) is 0 Å². The molecule has 1 fully saturated rings. The Kier molecular flexibility index (Phi) is 3.70. The van der Waals surface area contributed by atoms with Gasteiger partial charge in [0.25, 0.3) is 5.91 Å². The Labute approximate surface area is 127 Å². The maximum atomic E-state index is 13.0. The first-order valence-electron chi connectivity index (χ1n) is 7.30. The third kappa shape index (κ3) is 2.87. The van der Waals surface area contributed by atoms with Crippen molar-refractivity contribution in [2.45, 2.75) is 31.8 Å². The number of carbonyl (C=O) groups is 1. The summed E-state index contributed by atoms with van der Waals surface area (Å²) in [6, 6.07) is 7.58. The van der Waals surface area contributed by atoms with Crippen molar-refractivity contribution in [2.75, 3.05) is 6.54 Å². The molecule has 1 amide bonds. The van der Waals surface area contributed by atoms with Crippen LogP contribution in [0.1, 0.15) is 35.4 Å². The largest absolute Gasteiger partial charge is 0.388 e. The predicted octanol–water partition coefficient (Wildman–Crippen LogP) is 1.96. The molecule has 1 aliphatic carbocycles. The molecule has 0 saturated heterocycles. The Hall–Kier alpha value is -2.21. The fraction of sp³-hybridized carbons (Fsp3) is 0.375. The lowest BCUT2D eigenvalue weighted by Gasteiger charge is -2.36. The molecule has 0 atom stereocenters. The number of aryl methyl sites for hydroxylation is 1. The molecular weight excluding hydrogens is 285 g/mol. The number of aliphatic hydroxyl groups is 1. The molecule has 22 heavy (non-hydrogen) atoms. The van der Waals surface area contributed by atoms with Crippen molar-refractivity contribution in [2.24, 2.45) is 0 Å². The summed E-state index contributed by atoms with van der Waals surface area (Å²) in [4.78, 5) is 12.1. The minimum atomic E-state index is -0.760. The monoisotopic (exact) mass is 303 g/mol. The van der Waals surface area contributed by atoms with Crippen molar-refractivity contribution in [1.29, 1.82) is 0 Å². The van der Waals surface area contributed by atoms with E-state index in [4.69, 9.17) is 0 Å². The van der Waals surface area contributed by atoms with Gasteiger partial charge in [-0.1, -0.05) is 0 Å². The van der Waals surface area contributed by atoms with Crippen LogP contribution in [0.2, 0.25) is 0 Å². The highest BCUT2D eigenvalue weighted by Crippen LogP contribution is 2.30. The number of nitrogens with one attached hydrogen (secondary N) is 1. The van der Waals surface area contributed by atoms with Crippen LogP contribution in [-0.4, -0.2) is 32.9 Å². The Morgan fingerprint density at radius 3 is 2.68 bits per heavy atom. The Balaban J connectivity index is 1.73. The zero-order chi connectivity index (χ0) is 15.7. The molecule has 0 radical (unpaired) electrons. The first-order chi connectivity index (χ1) is 10.5. The van der Waals surface area contributed by atoms with Crippen molar-refractivity contribution < 1.29 is 14.3 Å². The molecule has 0 unspecified atom stereocenters. The second-order valence-electron chi connectivity index (χ2n) is 5.82. The molecule has 1 saturated carbocycles. The number of hydrogen-bond acceptors (Lipinski definition) is 3. The molecule has 116 valence electrons.